The number of rotatable bonds is 5. The fraction of sp³-hybridized carbons (Fsp3) is 0.318. The average molecular weight is 363 g/mol. The number of fused-ring (bicyclic) bond motifs is 1. The maximum Gasteiger partial charge on any atom is 0.158 e. The monoisotopic (exact) mass is 363 g/mol. The van der Waals surface area contributed by atoms with Crippen molar-refractivity contribution < 1.29 is 9.90 Å². The summed E-state index contributed by atoms with van der Waals surface area (Å²) < 4.78 is 0. The molecular weight excluding hydrogens is 338 g/mol. The topological polar surface area (TPSA) is 68.0 Å². The Kier molecular flexibility index (Phi) is 4.87. The molecule has 0 aliphatic heterocycles. The third-order valence-corrected chi connectivity index (χ3v) is 4.63. The normalized spacial score (nSPS) is 11.7. The van der Waals surface area contributed by atoms with Crippen LogP contribution in [0.3, 0.4) is 0 Å². The summed E-state index contributed by atoms with van der Waals surface area (Å²) in [6, 6.07) is 11.5. The van der Waals surface area contributed by atoms with Crippen LogP contribution in [0.15, 0.2) is 48.6 Å². The number of carbonyl (C=O) groups excluding carboxylic acids is 1. The Morgan fingerprint density at radius 2 is 1.74 bits per heavy atom. The number of phenols is 1. The van der Waals surface area contributed by atoms with Crippen molar-refractivity contribution in [3.63, 3.8) is 0 Å². The highest BCUT2D eigenvalue weighted by Crippen LogP contribution is 2.34. The van der Waals surface area contributed by atoms with Crippen LogP contribution in [0.1, 0.15) is 45.2 Å². The Morgan fingerprint density at radius 3 is 2.26 bits per heavy atom. The molecule has 3 rings (SSSR count). The van der Waals surface area contributed by atoms with Crippen molar-refractivity contribution in [1.29, 1.82) is 0 Å². The number of aromatic hydroxyl groups is 1. The molecule has 0 unspecified atom stereocenters. The number of aryl methyl sites for hydroxylation is 1. The first-order valence-corrected chi connectivity index (χ1v) is 9.04. The van der Waals surface area contributed by atoms with Gasteiger partial charge >= 0.3 is 0 Å². The first kappa shape index (κ1) is 18.8. The van der Waals surface area contributed by atoms with E-state index in [2.05, 4.69) is 37.5 Å². The van der Waals surface area contributed by atoms with Crippen LogP contribution in [0.25, 0.3) is 16.7 Å². The Labute approximate surface area is 159 Å². The van der Waals surface area contributed by atoms with Gasteiger partial charge in [-0.3, -0.25) is 4.79 Å². The molecule has 0 atom stereocenters. The van der Waals surface area contributed by atoms with Crippen LogP contribution < -0.4 is 0 Å². The number of carbonyl (C=O) groups is 1. The fourth-order valence-electron chi connectivity index (χ4n) is 2.88. The number of nitrogens with zero attached hydrogens (tertiary/aromatic N) is 3. The quantitative estimate of drug-likeness (QED) is 0.678. The Bertz CT molecular complexity index is 993. The Morgan fingerprint density at radius 1 is 1.15 bits per heavy atom. The van der Waals surface area contributed by atoms with Gasteiger partial charge in [-0.1, -0.05) is 45.5 Å². The van der Waals surface area contributed by atoms with Crippen molar-refractivity contribution in [3.8, 4) is 11.4 Å². The van der Waals surface area contributed by atoms with Gasteiger partial charge in [-0.15, -0.1) is 15.0 Å². The second-order valence-corrected chi connectivity index (χ2v) is 7.93. The smallest absolute Gasteiger partial charge is 0.158 e. The zero-order chi connectivity index (χ0) is 19.8. The third kappa shape index (κ3) is 3.92. The summed E-state index contributed by atoms with van der Waals surface area (Å²) in [7, 11) is 0. The molecule has 5 nitrogen and oxygen atoms in total. The van der Waals surface area contributed by atoms with E-state index in [0.717, 1.165) is 16.6 Å². The second kappa shape index (κ2) is 6.99. The van der Waals surface area contributed by atoms with Gasteiger partial charge in [-0.2, -0.15) is 0 Å². The number of Topliss-reactive ketones (excluding diaryl/α,β-unsaturated/α-hetero) is 1. The van der Waals surface area contributed by atoms with Crippen LogP contribution in [0.4, 0.5) is 0 Å². The molecule has 3 aromatic rings. The van der Waals surface area contributed by atoms with Gasteiger partial charge in [0.05, 0.1) is 0 Å². The van der Waals surface area contributed by atoms with E-state index in [1.807, 2.05) is 36.4 Å². The lowest BCUT2D eigenvalue weighted by atomic mass is 9.85. The van der Waals surface area contributed by atoms with E-state index in [1.165, 1.54) is 4.80 Å². The van der Waals surface area contributed by atoms with Gasteiger partial charge in [0.25, 0.3) is 0 Å². The van der Waals surface area contributed by atoms with E-state index < -0.39 is 0 Å². The molecule has 2 aromatic carbocycles. The highest BCUT2D eigenvalue weighted by atomic mass is 16.3. The van der Waals surface area contributed by atoms with Crippen molar-refractivity contribution in [1.82, 2.24) is 15.0 Å². The van der Waals surface area contributed by atoms with E-state index >= 15 is 0 Å². The van der Waals surface area contributed by atoms with Gasteiger partial charge in [0.2, 0.25) is 0 Å². The van der Waals surface area contributed by atoms with Gasteiger partial charge < -0.3 is 5.11 Å². The minimum absolute atomic E-state index is 0.0000596. The van der Waals surface area contributed by atoms with Gasteiger partial charge in [0, 0.05) is 6.42 Å². The molecule has 0 aliphatic carbocycles. The highest BCUT2D eigenvalue weighted by Gasteiger charge is 2.21. The van der Waals surface area contributed by atoms with Crippen LogP contribution in [-0.4, -0.2) is 25.9 Å². The van der Waals surface area contributed by atoms with Gasteiger partial charge in [-0.05, 0) is 53.7 Å². The number of ketones is 1. The lowest BCUT2D eigenvalue weighted by molar-refractivity contribution is -0.115. The van der Waals surface area contributed by atoms with Crippen molar-refractivity contribution in [2.75, 3.05) is 0 Å². The number of phenolic OH excluding ortho intramolecular Hbond substituents is 1. The summed E-state index contributed by atoms with van der Waals surface area (Å²) in [5.74, 6) is 0.109. The van der Waals surface area contributed by atoms with E-state index in [1.54, 1.807) is 6.92 Å². The number of hydrogen-bond donors (Lipinski definition) is 1. The minimum atomic E-state index is -0.123. The summed E-state index contributed by atoms with van der Waals surface area (Å²) in [5, 5.41) is 19.9. The van der Waals surface area contributed by atoms with E-state index in [0.29, 0.717) is 29.7 Å². The zero-order valence-corrected chi connectivity index (χ0v) is 16.3. The number of benzene rings is 2. The van der Waals surface area contributed by atoms with Crippen LogP contribution in [0, 0.1) is 0 Å². The van der Waals surface area contributed by atoms with E-state index in [-0.39, 0.29) is 16.9 Å². The molecule has 1 aromatic heterocycles. The highest BCUT2D eigenvalue weighted by molar-refractivity contribution is 5.94. The maximum atomic E-state index is 12.0. The largest absolute Gasteiger partial charge is 0.505 e. The number of hydrogen-bond acceptors (Lipinski definition) is 4. The van der Waals surface area contributed by atoms with Crippen molar-refractivity contribution in [2.24, 2.45) is 0 Å². The maximum absolute atomic E-state index is 12.0. The lowest BCUT2D eigenvalue weighted by Gasteiger charge is -2.22. The fourth-order valence-corrected chi connectivity index (χ4v) is 2.88. The summed E-state index contributed by atoms with van der Waals surface area (Å²) >= 11 is 0. The van der Waals surface area contributed by atoms with Crippen LogP contribution >= 0.6 is 0 Å². The standard InChI is InChI=1S/C22H25N3O2/c1-14(2)20(26)11-10-15-12-16(22(3,4)5)13-19(21(15)27)25-23-17-8-6-7-9-18(17)24-25/h6-9,12-13,27H,1,10-11H2,2-5H3. The molecular formula is C22H25N3O2. The van der Waals surface area contributed by atoms with Crippen molar-refractivity contribution in [3.05, 3.63) is 59.7 Å². The van der Waals surface area contributed by atoms with E-state index in [4.69, 9.17) is 0 Å². The van der Waals surface area contributed by atoms with Gasteiger partial charge in [-0.25, -0.2) is 0 Å². The van der Waals surface area contributed by atoms with Gasteiger partial charge in [0.1, 0.15) is 22.5 Å². The summed E-state index contributed by atoms with van der Waals surface area (Å²) in [4.78, 5) is 13.4. The first-order valence-electron chi connectivity index (χ1n) is 9.04. The molecule has 0 bridgehead atoms. The predicted octanol–water partition coefficient (Wildman–Crippen LogP) is 4.50. The Hall–Kier alpha value is -2.95. The van der Waals surface area contributed by atoms with Crippen LogP contribution in [0.5, 0.6) is 5.75 Å². The van der Waals surface area contributed by atoms with Crippen LogP contribution in [0.2, 0.25) is 0 Å². The van der Waals surface area contributed by atoms with Crippen molar-refractivity contribution in [2.45, 2.75) is 46.0 Å². The molecule has 0 radical (unpaired) electrons. The molecule has 5 heteroatoms. The zero-order valence-electron chi connectivity index (χ0n) is 16.3. The Balaban J connectivity index is 2.10. The molecule has 0 aliphatic rings. The molecule has 0 saturated heterocycles. The number of aromatic nitrogens is 3. The number of allylic oxidation sites excluding steroid dienone is 1. The molecule has 0 spiro atoms. The predicted molar refractivity (Wildman–Crippen MR) is 107 cm³/mol. The molecule has 27 heavy (non-hydrogen) atoms. The molecule has 0 saturated carbocycles. The SMILES string of the molecule is C=C(C)C(=O)CCc1cc(C(C)(C)C)cc(-n2nc3ccccc3n2)c1O. The summed E-state index contributed by atoms with van der Waals surface area (Å²) in [5.41, 5.74) is 4.22. The van der Waals surface area contributed by atoms with Gasteiger partial charge in [0.15, 0.2) is 5.78 Å². The minimum Gasteiger partial charge on any atom is -0.505 e. The molecule has 0 fully saturated rings. The average Bonchev–Trinajstić information content (AvgIpc) is 3.03. The first-order chi connectivity index (χ1) is 12.7. The van der Waals surface area contributed by atoms with Crippen molar-refractivity contribution >= 4 is 16.8 Å². The lowest BCUT2D eigenvalue weighted by Crippen LogP contribution is -2.14. The molecule has 140 valence electrons. The molecule has 0 amide bonds. The molecule has 1 heterocycles. The third-order valence-electron chi connectivity index (χ3n) is 4.63. The summed E-state index contributed by atoms with van der Waals surface area (Å²) in [6.07, 6.45) is 0.750. The molecule has 1 N–H and O–H groups in total. The van der Waals surface area contributed by atoms with E-state index in [9.17, 15) is 9.90 Å². The van der Waals surface area contributed by atoms with Crippen LogP contribution in [-0.2, 0) is 16.6 Å². The summed E-state index contributed by atoms with van der Waals surface area (Å²) in [6.45, 7) is 11.7. The second-order valence-electron chi connectivity index (χ2n) is 7.93.